The summed E-state index contributed by atoms with van der Waals surface area (Å²) in [6.07, 6.45) is 11.8. The molecule has 27 heavy (non-hydrogen) atoms. The van der Waals surface area contributed by atoms with Crippen LogP contribution in [0.3, 0.4) is 0 Å². The maximum atomic E-state index is 10.8. The summed E-state index contributed by atoms with van der Waals surface area (Å²) in [6.45, 7) is 2.34. The topological polar surface area (TPSA) is 83.9 Å². The molecule has 0 spiro atoms. The summed E-state index contributed by atoms with van der Waals surface area (Å²) >= 11 is 0. The van der Waals surface area contributed by atoms with E-state index >= 15 is 0 Å². The smallest absolute Gasteiger partial charge is 0.145 e. The Balaban J connectivity index is 0.000000197. The molecule has 2 aromatic rings. The Morgan fingerprint density at radius 2 is 2.15 bits per heavy atom. The van der Waals surface area contributed by atoms with Crippen molar-refractivity contribution in [3.63, 3.8) is 0 Å². The van der Waals surface area contributed by atoms with Crippen LogP contribution >= 0.6 is 0 Å². The van der Waals surface area contributed by atoms with Crippen molar-refractivity contribution in [2.24, 2.45) is 5.92 Å². The molecule has 3 atom stereocenters. The lowest BCUT2D eigenvalue weighted by atomic mass is 10.1. The van der Waals surface area contributed by atoms with Gasteiger partial charge < -0.3 is 25.3 Å². The molecule has 1 saturated carbocycles. The first-order valence-corrected chi connectivity index (χ1v) is 10.1. The third-order valence-corrected chi connectivity index (χ3v) is 5.64. The number of likely N-dealkylation sites (N-methyl/N-ethyl adjacent to an activating group) is 1. The number of nitrogens with one attached hydrogen (secondary N) is 3. The summed E-state index contributed by atoms with van der Waals surface area (Å²) in [5, 5.41) is 10.7. The predicted octanol–water partition coefficient (Wildman–Crippen LogP) is 2.36. The zero-order chi connectivity index (χ0) is 19.1. The van der Waals surface area contributed by atoms with E-state index in [-0.39, 0.29) is 5.92 Å². The molecule has 0 radical (unpaired) electrons. The lowest BCUT2D eigenvalue weighted by molar-refractivity contribution is -0.110. The standard InChI is InChI=1S/C13H16N4O.C7H16N2/c1-14-12-11-4-5-17(13(11)16-8-15-12)10-3-2-9(6-10)7-18;1-8-6-7-4-2-3-5-9-7/h4-5,7-10H,2-3,6H2,1H3,(H,14,15,16);7-9H,2-6H2,1H3. The van der Waals surface area contributed by atoms with Gasteiger partial charge in [0, 0.05) is 37.8 Å². The first kappa shape index (κ1) is 19.8. The predicted molar refractivity (Wildman–Crippen MR) is 109 cm³/mol. The zero-order valence-electron chi connectivity index (χ0n) is 16.4. The van der Waals surface area contributed by atoms with Crippen LogP contribution in [0, 0.1) is 5.92 Å². The average Bonchev–Trinajstić information content (AvgIpc) is 3.36. The third kappa shape index (κ3) is 4.84. The van der Waals surface area contributed by atoms with Gasteiger partial charge in [-0.25, -0.2) is 9.97 Å². The van der Waals surface area contributed by atoms with Crippen molar-refractivity contribution in [3.8, 4) is 0 Å². The zero-order valence-corrected chi connectivity index (χ0v) is 16.4. The molecule has 2 fully saturated rings. The van der Waals surface area contributed by atoms with E-state index < -0.39 is 0 Å². The molecule has 1 aliphatic carbocycles. The summed E-state index contributed by atoms with van der Waals surface area (Å²) in [7, 11) is 3.87. The van der Waals surface area contributed by atoms with Gasteiger partial charge in [0.15, 0.2) is 0 Å². The van der Waals surface area contributed by atoms with Crippen LogP contribution < -0.4 is 16.0 Å². The fourth-order valence-corrected chi connectivity index (χ4v) is 4.18. The highest BCUT2D eigenvalue weighted by molar-refractivity contribution is 5.87. The highest BCUT2D eigenvalue weighted by Crippen LogP contribution is 2.36. The molecule has 148 valence electrons. The fraction of sp³-hybridized carbons (Fsp3) is 0.650. The summed E-state index contributed by atoms with van der Waals surface area (Å²) in [5.41, 5.74) is 0.950. The Bertz CT molecular complexity index is 722. The third-order valence-electron chi connectivity index (χ3n) is 5.64. The second-order valence-electron chi connectivity index (χ2n) is 7.50. The van der Waals surface area contributed by atoms with Crippen molar-refractivity contribution in [2.75, 3.05) is 32.5 Å². The van der Waals surface area contributed by atoms with Crippen LogP contribution in [0.1, 0.15) is 44.6 Å². The molecular formula is C20H32N6O. The Hall–Kier alpha value is -1.99. The minimum absolute atomic E-state index is 0.207. The minimum Gasteiger partial charge on any atom is -0.372 e. The minimum atomic E-state index is 0.207. The molecule has 7 nitrogen and oxygen atoms in total. The van der Waals surface area contributed by atoms with Crippen molar-refractivity contribution in [2.45, 2.75) is 50.6 Å². The molecule has 1 saturated heterocycles. The van der Waals surface area contributed by atoms with Crippen molar-refractivity contribution in [1.82, 2.24) is 25.2 Å². The van der Waals surface area contributed by atoms with E-state index in [2.05, 4.69) is 36.7 Å². The molecule has 3 N–H and O–H groups in total. The van der Waals surface area contributed by atoms with Gasteiger partial charge in [0.05, 0.1) is 5.39 Å². The second kappa shape index (κ2) is 9.80. The molecule has 4 rings (SSSR count). The molecule has 2 aliphatic rings. The van der Waals surface area contributed by atoms with Crippen LogP contribution in [0.5, 0.6) is 0 Å². The monoisotopic (exact) mass is 372 g/mol. The van der Waals surface area contributed by atoms with Gasteiger partial charge in [-0.2, -0.15) is 0 Å². The molecule has 3 unspecified atom stereocenters. The van der Waals surface area contributed by atoms with Gasteiger partial charge in [0.25, 0.3) is 0 Å². The number of aromatic nitrogens is 3. The Labute approximate surface area is 161 Å². The van der Waals surface area contributed by atoms with Gasteiger partial charge in [-0.05, 0) is 51.8 Å². The number of carbonyl (C=O) groups excluding carboxylic acids is 1. The number of nitrogens with zero attached hydrogens (tertiary/aromatic N) is 3. The fourth-order valence-electron chi connectivity index (χ4n) is 4.18. The maximum Gasteiger partial charge on any atom is 0.145 e. The normalized spacial score (nSPS) is 25.0. The van der Waals surface area contributed by atoms with Gasteiger partial charge in [-0.15, -0.1) is 0 Å². The number of rotatable bonds is 5. The van der Waals surface area contributed by atoms with E-state index in [0.29, 0.717) is 6.04 Å². The molecule has 0 bridgehead atoms. The van der Waals surface area contributed by atoms with Gasteiger partial charge in [0.1, 0.15) is 24.1 Å². The average molecular weight is 373 g/mol. The number of carbonyl (C=O) groups is 1. The molecule has 0 aromatic carbocycles. The number of hydrogen-bond donors (Lipinski definition) is 3. The van der Waals surface area contributed by atoms with Gasteiger partial charge >= 0.3 is 0 Å². The van der Waals surface area contributed by atoms with Crippen molar-refractivity contribution in [3.05, 3.63) is 18.6 Å². The molecule has 1 aliphatic heterocycles. The Morgan fingerprint density at radius 1 is 1.26 bits per heavy atom. The van der Waals surface area contributed by atoms with Crippen molar-refractivity contribution >= 4 is 23.1 Å². The number of aldehydes is 1. The summed E-state index contributed by atoms with van der Waals surface area (Å²) in [6, 6.07) is 3.16. The van der Waals surface area contributed by atoms with E-state index in [1.807, 2.05) is 20.2 Å². The van der Waals surface area contributed by atoms with Crippen LogP contribution in [0.25, 0.3) is 11.0 Å². The van der Waals surface area contributed by atoms with Crippen molar-refractivity contribution < 1.29 is 4.79 Å². The molecule has 0 amide bonds. The molecule has 3 heterocycles. The largest absolute Gasteiger partial charge is 0.372 e. The quantitative estimate of drug-likeness (QED) is 0.699. The molecule has 2 aromatic heterocycles. The molecular weight excluding hydrogens is 340 g/mol. The lowest BCUT2D eigenvalue weighted by Crippen LogP contribution is -2.40. The van der Waals surface area contributed by atoms with E-state index in [9.17, 15) is 4.79 Å². The summed E-state index contributed by atoms with van der Waals surface area (Å²) < 4.78 is 2.18. The summed E-state index contributed by atoms with van der Waals surface area (Å²) in [5.74, 6) is 1.06. The van der Waals surface area contributed by atoms with E-state index in [0.717, 1.165) is 55.0 Å². The van der Waals surface area contributed by atoms with Crippen molar-refractivity contribution in [1.29, 1.82) is 0 Å². The SMILES string of the molecule is CNCC1CCCCN1.CNc1ncnc2c1ccn2C1CCC(C=O)C1. The van der Waals surface area contributed by atoms with Crippen LogP contribution in [-0.2, 0) is 4.79 Å². The first-order chi connectivity index (χ1) is 13.3. The second-order valence-corrected chi connectivity index (χ2v) is 7.50. The van der Waals surface area contributed by atoms with Gasteiger partial charge in [-0.1, -0.05) is 6.42 Å². The van der Waals surface area contributed by atoms with E-state index in [4.69, 9.17) is 0 Å². The maximum absolute atomic E-state index is 10.8. The number of anilines is 1. The number of hydrogen-bond acceptors (Lipinski definition) is 6. The highest BCUT2D eigenvalue weighted by Gasteiger charge is 2.26. The number of fused-ring (bicyclic) bond motifs is 1. The number of piperidine rings is 1. The Kier molecular flexibility index (Phi) is 7.18. The van der Waals surface area contributed by atoms with Crippen LogP contribution in [-0.4, -0.2) is 54.0 Å². The molecule has 7 heteroatoms. The van der Waals surface area contributed by atoms with Gasteiger partial charge in [0.2, 0.25) is 0 Å². The van der Waals surface area contributed by atoms with E-state index in [1.54, 1.807) is 6.33 Å². The lowest BCUT2D eigenvalue weighted by Gasteiger charge is -2.22. The first-order valence-electron chi connectivity index (χ1n) is 10.1. The van der Waals surface area contributed by atoms with Crippen LogP contribution in [0.15, 0.2) is 18.6 Å². The van der Waals surface area contributed by atoms with E-state index in [1.165, 1.54) is 25.8 Å². The van der Waals surface area contributed by atoms with Gasteiger partial charge in [-0.3, -0.25) is 0 Å². The van der Waals surface area contributed by atoms with Crippen LogP contribution in [0.2, 0.25) is 0 Å². The van der Waals surface area contributed by atoms with Crippen LogP contribution in [0.4, 0.5) is 5.82 Å². The highest BCUT2D eigenvalue weighted by atomic mass is 16.1. The Morgan fingerprint density at radius 3 is 2.81 bits per heavy atom. The summed E-state index contributed by atoms with van der Waals surface area (Å²) in [4.78, 5) is 19.4.